The van der Waals surface area contributed by atoms with E-state index in [4.69, 9.17) is 5.14 Å². The van der Waals surface area contributed by atoms with Gasteiger partial charge in [0, 0.05) is 0 Å². The zero-order valence-corrected chi connectivity index (χ0v) is 8.88. The molecule has 0 aliphatic rings. The highest BCUT2D eigenvalue weighted by Crippen LogP contribution is 2.25. The third-order valence-corrected chi connectivity index (χ3v) is 2.91. The summed E-state index contributed by atoms with van der Waals surface area (Å²) in [5.41, 5.74) is 0.870. The van der Waals surface area contributed by atoms with Gasteiger partial charge in [0.1, 0.15) is 10.6 Å². The Bertz CT molecular complexity index is 437. The lowest BCUT2D eigenvalue weighted by Gasteiger charge is -2.07. The molecule has 0 amide bonds. The van der Waals surface area contributed by atoms with Gasteiger partial charge in [-0.05, 0) is 23.6 Å². The van der Waals surface area contributed by atoms with E-state index in [0.717, 1.165) is 5.56 Å². The van der Waals surface area contributed by atoms with Crippen LogP contribution in [0.2, 0.25) is 0 Å². The molecule has 5 heteroatoms. The molecule has 1 aromatic rings. The predicted molar refractivity (Wildman–Crippen MR) is 53.6 cm³/mol. The molecule has 0 bridgehead atoms. The molecule has 3 N–H and O–H groups in total. The molecule has 0 atom stereocenters. The highest BCUT2D eigenvalue weighted by molar-refractivity contribution is 7.89. The molecular weight excluding hydrogens is 202 g/mol. The number of primary sulfonamides is 1. The zero-order chi connectivity index (χ0) is 10.9. The number of phenols is 1. The Morgan fingerprint density at radius 2 is 1.93 bits per heavy atom. The van der Waals surface area contributed by atoms with E-state index in [1.807, 2.05) is 13.8 Å². The van der Waals surface area contributed by atoms with Gasteiger partial charge in [-0.2, -0.15) is 0 Å². The molecular formula is C9H13NO3S. The standard InChI is InChI=1S/C9H13NO3S/c1-6(2)7-3-4-9(8(11)5-7)14(10,12)13/h3-6,11H,1-2H3,(H2,10,12,13). The zero-order valence-electron chi connectivity index (χ0n) is 8.06. The van der Waals surface area contributed by atoms with Gasteiger partial charge < -0.3 is 5.11 Å². The third-order valence-electron chi connectivity index (χ3n) is 1.96. The second kappa shape index (κ2) is 3.59. The topological polar surface area (TPSA) is 80.4 Å². The van der Waals surface area contributed by atoms with Crippen LogP contribution in [-0.2, 0) is 10.0 Å². The van der Waals surface area contributed by atoms with Crippen LogP contribution in [0.5, 0.6) is 5.75 Å². The summed E-state index contributed by atoms with van der Waals surface area (Å²) in [6.45, 7) is 3.90. The average molecular weight is 215 g/mol. The Hall–Kier alpha value is -1.07. The lowest BCUT2D eigenvalue weighted by atomic mass is 10.0. The first kappa shape index (κ1) is 11.0. The van der Waals surface area contributed by atoms with Crippen LogP contribution in [0.15, 0.2) is 23.1 Å². The Labute approximate surface area is 83.4 Å². The van der Waals surface area contributed by atoms with Crippen LogP contribution < -0.4 is 5.14 Å². The van der Waals surface area contributed by atoms with Crippen molar-refractivity contribution in [3.8, 4) is 5.75 Å². The van der Waals surface area contributed by atoms with Gasteiger partial charge in [0.15, 0.2) is 0 Å². The van der Waals surface area contributed by atoms with Crippen molar-refractivity contribution in [2.45, 2.75) is 24.7 Å². The van der Waals surface area contributed by atoms with Crippen molar-refractivity contribution in [3.63, 3.8) is 0 Å². The van der Waals surface area contributed by atoms with Crippen LogP contribution in [0, 0.1) is 0 Å². The van der Waals surface area contributed by atoms with Crippen molar-refractivity contribution in [1.29, 1.82) is 0 Å². The highest BCUT2D eigenvalue weighted by Gasteiger charge is 2.14. The van der Waals surface area contributed by atoms with E-state index in [1.54, 1.807) is 6.07 Å². The minimum absolute atomic E-state index is 0.232. The molecule has 0 radical (unpaired) electrons. The molecule has 0 aromatic heterocycles. The van der Waals surface area contributed by atoms with Crippen LogP contribution in [0.3, 0.4) is 0 Å². The van der Waals surface area contributed by atoms with E-state index < -0.39 is 10.0 Å². The number of rotatable bonds is 2. The first-order valence-corrected chi connectivity index (χ1v) is 5.72. The van der Waals surface area contributed by atoms with E-state index in [-0.39, 0.29) is 16.6 Å². The van der Waals surface area contributed by atoms with Gasteiger partial charge in [-0.25, -0.2) is 13.6 Å². The van der Waals surface area contributed by atoms with Crippen LogP contribution in [0.1, 0.15) is 25.3 Å². The maximum absolute atomic E-state index is 11.0. The van der Waals surface area contributed by atoms with Gasteiger partial charge in [0.05, 0.1) is 0 Å². The summed E-state index contributed by atoms with van der Waals surface area (Å²) in [6.07, 6.45) is 0. The predicted octanol–water partition coefficient (Wildman–Crippen LogP) is 1.16. The summed E-state index contributed by atoms with van der Waals surface area (Å²) < 4.78 is 21.9. The first-order chi connectivity index (χ1) is 6.32. The van der Waals surface area contributed by atoms with Gasteiger partial charge in [-0.1, -0.05) is 19.9 Å². The van der Waals surface area contributed by atoms with Gasteiger partial charge >= 0.3 is 0 Å². The molecule has 4 nitrogen and oxygen atoms in total. The van der Waals surface area contributed by atoms with Crippen LogP contribution in [0.4, 0.5) is 0 Å². The van der Waals surface area contributed by atoms with E-state index in [1.165, 1.54) is 12.1 Å². The Balaban J connectivity index is 3.28. The van der Waals surface area contributed by atoms with Crippen molar-refractivity contribution in [3.05, 3.63) is 23.8 Å². The third kappa shape index (κ3) is 2.24. The van der Waals surface area contributed by atoms with Gasteiger partial charge in [0.25, 0.3) is 0 Å². The Kier molecular flexibility index (Phi) is 2.82. The van der Waals surface area contributed by atoms with Crippen LogP contribution >= 0.6 is 0 Å². The van der Waals surface area contributed by atoms with Crippen molar-refractivity contribution in [2.24, 2.45) is 5.14 Å². The summed E-state index contributed by atoms with van der Waals surface area (Å²) in [6, 6.07) is 4.38. The van der Waals surface area contributed by atoms with E-state index in [9.17, 15) is 13.5 Å². The van der Waals surface area contributed by atoms with Gasteiger partial charge in [0.2, 0.25) is 10.0 Å². The van der Waals surface area contributed by atoms with Crippen LogP contribution in [0.25, 0.3) is 0 Å². The largest absolute Gasteiger partial charge is 0.507 e. The van der Waals surface area contributed by atoms with E-state index >= 15 is 0 Å². The molecule has 0 saturated heterocycles. The van der Waals surface area contributed by atoms with Crippen LogP contribution in [-0.4, -0.2) is 13.5 Å². The molecule has 0 fully saturated rings. The second-order valence-corrected chi connectivity index (χ2v) is 4.96. The number of sulfonamides is 1. The highest BCUT2D eigenvalue weighted by atomic mass is 32.2. The SMILES string of the molecule is CC(C)c1ccc(S(N)(=O)=O)c(O)c1. The summed E-state index contributed by atoms with van der Waals surface area (Å²) in [4.78, 5) is -0.234. The monoisotopic (exact) mass is 215 g/mol. The number of hydrogen-bond donors (Lipinski definition) is 2. The molecule has 14 heavy (non-hydrogen) atoms. The summed E-state index contributed by atoms with van der Waals surface area (Å²) >= 11 is 0. The first-order valence-electron chi connectivity index (χ1n) is 4.18. The lowest BCUT2D eigenvalue weighted by Crippen LogP contribution is -2.12. The number of hydrogen-bond acceptors (Lipinski definition) is 3. The molecule has 78 valence electrons. The molecule has 0 spiro atoms. The molecule has 1 rings (SSSR count). The normalized spacial score (nSPS) is 12.0. The summed E-state index contributed by atoms with van der Waals surface area (Å²) in [5, 5.41) is 14.3. The lowest BCUT2D eigenvalue weighted by molar-refractivity contribution is 0.457. The number of nitrogens with two attached hydrogens (primary N) is 1. The molecule has 0 aliphatic carbocycles. The maximum atomic E-state index is 11.0. The fraction of sp³-hybridized carbons (Fsp3) is 0.333. The Morgan fingerprint density at radius 1 is 1.36 bits per heavy atom. The van der Waals surface area contributed by atoms with Crippen molar-refractivity contribution < 1.29 is 13.5 Å². The fourth-order valence-electron chi connectivity index (χ4n) is 1.13. The Morgan fingerprint density at radius 3 is 2.29 bits per heavy atom. The minimum Gasteiger partial charge on any atom is -0.507 e. The van der Waals surface area contributed by atoms with Gasteiger partial charge in [-0.15, -0.1) is 0 Å². The van der Waals surface area contributed by atoms with Crippen molar-refractivity contribution in [1.82, 2.24) is 0 Å². The maximum Gasteiger partial charge on any atom is 0.241 e. The van der Waals surface area contributed by atoms with Crippen molar-refractivity contribution in [2.75, 3.05) is 0 Å². The number of phenolic OH excluding ortho intramolecular Hbond substituents is 1. The summed E-state index contributed by atoms with van der Waals surface area (Å²) in [5.74, 6) is -0.0610. The minimum atomic E-state index is -3.83. The summed E-state index contributed by atoms with van der Waals surface area (Å²) in [7, 11) is -3.83. The molecule has 0 unspecified atom stereocenters. The molecule has 1 aromatic carbocycles. The smallest absolute Gasteiger partial charge is 0.241 e. The fourth-order valence-corrected chi connectivity index (χ4v) is 1.74. The average Bonchev–Trinajstić information content (AvgIpc) is 2.01. The number of benzene rings is 1. The number of aromatic hydroxyl groups is 1. The van der Waals surface area contributed by atoms with Crippen molar-refractivity contribution >= 4 is 10.0 Å². The molecule has 0 aliphatic heterocycles. The molecule has 0 heterocycles. The quantitative estimate of drug-likeness (QED) is 0.776. The second-order valence-electron chi connectivity index (χ2n) is 3.43. The van der Waals surface area contributed by atoms with Gasteiger partial charge in [-0.3, -0.25) is 0 Å². The molecule has 0 saturated carbocycles. The van der Waals surface area contributed by atoms with E-state index in [2.05, 4.69) is 0 Å². The van der Waals surface area contributed by atoms with E-state index in [0.29, 0.717) is 0 Å².